The zero-order valence-corrected chi connectivity index (χ0v) is 24.9. The summed E-state index contributed by atoms with van der Waals surface area (Å²) in [5.74, 6) is 0.279. The lowest BCUT2D eigenvalue weighted by atomic mass is 9.99. The molecule has 0 spiro atoms. The standard InChI is InChI=1S/C31H37FN8O3/c1-6-29(41)36-25-16-22(7-8-26(25)39-13-11-38(5)12-14-39)23-17-34-24(15-19(23)2)21(4)35-30-33-10-9-28(37-30)40-27(20(3)32)18-43-31(40)42/h6-10,15-17,20-21,27H,1,11-14,18H2,2-5H3,(H,36,41)(H,33,35,37)/t20-,21-,27+/m0/s1. The Hall–Kier alpha value is -4.58. The van der Waals surface area contributed by atoms with Crippen LogP contribution in [-0.2, 0) is 9.53 Å². The van der Waals surface area contributed by atoms with Crippen molar-refractivity contribution < 1.29 is 18.7 Å². The molecular formula is C31H37FN8O3. The van der Waals surface area contributed by atoms with Gasteiger partial charge in [-0.2, -0.15) is 4.98 Å². The summed E-state index contributed by atoms with van der Waals surface area (Å²) >= 11 is 0. The van der Waals surface area contributed by atoms with Crippen LogP contribution in [-0.4, -0.2) is 83.9 Å². The first-order valence-corrected chi connectivity index (χ1v) is 14.3. The summed E-state index contributed by atoms with van der Waals surface area (Å²) in [6, 6.07) is 8.61. The van der Waals surface area contributed by atoms with Crippen molar-refractivity contribution in [3.05, 3.63) is 66.6 Å². The largest absolute Gasteiger partial charge is 0.447 e. The van der Waals surface area contributed by atoms with Gasteiger partial charge in [0.05, 0.1) is 23.1 Å². The van der Waals surface area contributed by atoms with Crippen LogP contribution in [0.5, 0.6) is 0 Å². The lowest BCUT2D eigenvalue weighted by molar-refractivity contribution is -0.111. The number of aryl methyl sites for hydroxylation is 1. The highest BCUT2D eigenvalue weighted by atomic mass is 19.1. The quantitative estimate of drug-likeness (QED) is 0.347. The minimum Gasteiger partial charge on any atom is -0.447 e. The van der Waals surface area contributed by atoms with E-state index in [9.17, 15) is 14.0 Å². The molecule has 0 unspecified atom stereocenters. The van der Waals surface area contributed by atoms with E-state index in [0.29, 0.717) is 0 Å². The minimum atomic E-state index is -1.28. The number of carbonyl (C=O) groups is 2. The van der Waals surface area contributed by atoms with Gasteiger partial charge < -0.3 is 25.2 Å². The van der Waals surface area contributed by atoms with Crippen molar-refractivity contribution in [1.82, 2.24) is 19.9 Å². The number of halogens is 1. The minimum absolute atomic E-state index is 0.0318. The van der Waals surface area contributed by atoms with Crippen LogP contribution in [0.4, 0.5) is 32.3 Å². The first-order chi connectivity index (χ1) is 20.6. The number of piperazine rings is 1. The molecule has 43 heavy (non-hydrogen) atoms. The Balaban J connectivity index is 1.35. The van der Waals surface area contributed by atoms with Crippen LogP contribution in [0.3, 0.4) is 0 Å². The molecule has 3 aromatic rings. The molecule has 1 aromatic carbocycles. The molecule has 2 fully saturated rings. The fourth-order valence-corrected chi connectivity index (χ4v) is 5.29. The van der Waals surface area contributed by atoms with Gasteiger partial charge >= 0.3 is 6.09 Å². The number of likely N-dealkylation sites (N-methyl/N-ethyl adjacent to an activating group) is 1. The molecule has 0 radical (unpaired) electrons. The Morgan fingerprint density at radius 3 is 2.63 bits per heavy atom. The average Bonchev–Trinajstić information content (AvgIpc) is 3.39. The zero-order valence-electron chi connectivity index (χ0n) is 24.9. The highest BCUT2D eigenvalue weighted by Gasteiger charge is 2.39. The second-order valence-corrected chi connectivity index (χ2v) is 10.9. The molecule has 2 aliphatic heterocycles. The summed E-state index contributed by atoms with van der Waals surface area (Å²) in [6.45, 7) is 12.5. The number of hydrogen-bond acceptors (Lipinski definition) is 9. The average molecular weight is 589 g/mol. The smallest absolute Gasteiger partial charge is 0.416 e. The third kappa shape index (κ3) is 6.59. The molecule has 226 valence electrons. The van der Waals surface area contributed by atoms with Gasteiger partial charge in [0.1, 0.15) is 24.6 Å². The molecule has 2 aromatic heterocycles. The van der Waals surface area contributed by atoms with Gasteiger partial charge in [0, 0.05) is 44.1 Å². The Morgan fingerprint density at radius 1 is 1.16 bits per heavy atom. The van der Waals surface area contributed by atoms with Crippen LogP contribution in [0.2, 0.25) is 0 Å². The fraction of sp³-hybridized carbons (Fsp3) is 0.387. The molecule has 3 atom stereocenters. The monoisotopic (exact) mass is 588 g/mol. The number of cyclic esters (lactones) is 1. The van der Waals surface area contributed by atoms with Gasteiger partial charge in [0.15, 0.2) is 0 Å². The van der Waals surface area contributed by atoms with Crippen LogP contribution in [0.25, 0.3) is 11.1 Å². The van der Waals surface area contributed by atoms with E-state index >= 15 is 0 Å². The first kappa shape index (κ1) is 29.9. The second-order valence-electron chi connectivity index (χ2n) is 10.9. The number of hydrogen-bond donors (Lipinski definition) is 2. The normalized spacial score (nSPS) is 18.6. The molecule has 5 rings (SSSR count). The molecule has 11 nitrogen and oxygen atoms in total. The van der Waals surface area contributed by atoms with Crippen molar-refractivity contribution in [3.8, 4) is 11.1 Å². The summed E-state index contributed by atoms with van der Waals surface area (Å²) in [6.07, 6.45) is 2.69. The predicted octanol–water partition coefficient (Wildman–Crippen LogP) is 4.58. The second kappa shape index (κ2) is 12.7. The number of alkyl halides is 1. The predicted molar refractivity (Wildman–Crippen MR) is 165 cm³/mol. The van der Waals surface area contributed by atoms with E-state index in [0.717, 1.165) is 59.9 Å². The maximum absolute atomic E-state index is 14.1. The molecule has 2 amide bonds. The number of benzene rings is 1. The topological polar surface area (TPSA) is 116 Å². The Morgan fingerprint density at radius 2 is 1.93 bits per heavy atom. The summed E-state index contributed by atoms with van der Waals surface area (Å²) in [4.78, 5) is 43.8. The molecule has 2 N–H and O–H groups in total. The summed E-state index contributed by atoms with van der Waals surface area (Å²) in [7, 11) is 2.11. The summed E-state index contributed by atoms with van der Waals surface area (Å²) < 4.78 is 19.1. The Labute approximate surface area is 250 Å². The molecule has 0 aliphatic carbocycles. The number of rotatable bonds is 9. The summed E-state index contributed by atoms with van der Waals surface area (Å²) in [5.41, 5.74) is 5.34. The van der Waals surface area contributed by atoms with Gasteiger partial charge in [-0.05, 0) is 69.3 Å². The molecule has 2 saturated heterocycles. The van der Waals surface area contributed by atoms with E-state index < -0.39 is 18.3 Å². The van der Waals surface area contributed by atoms with Crippen molar-refractivity contribution in [2.75, 3.05) is 60.3 Å². The van der Waals surface area contributed by atoms with E-state index in [1.165, 1.54) is 24.1 Å². The van der Waals surface area contributed by atoms with Crippen molar-refractivity contribution in [3.63, 3.8) is 0 Å². The third-order valence-corrected chi connectivity index (χ3v) is 7.84. The number of carbonyl (C=O) groups excluding carboxylic acids is 2. The fourth-order valence-electron chi connectivity index (χ4n) is 5.29. The molecule has 4 heterocycles. The Kier molecular flexibility index (Phi) is 8.86. The van der Waals surface area contributed by atoms with Crippen LogP contribution in [0, 0.1) is 6.92 Å². The number of ether oxygens (including phenoxy) is 1. The maximum atomic E-state index is 14.1. The zero-order chi connectivity index (χ0) is 30.7. The number of anilines is 4. The van der Waals surface area contributed by atoms with E-state index in [1.807, 2.05) is 38.2 Å². The molecule has 12 heteroatoms. The van der Waals surface area contributed by atoms with E-state index in [2.05, 4.69) is 50.1 Å². The summed E-state index contributed by atoms with van der Waals surface area (Å²) in [5, 5.41) is 6.21. The maximum Gasteiger partial charge on any atom is 0.416 e. The van der Waals surface area contributed by atoms with Crippen LogP contribution in [0.15, 0.2) is 55.4 Å². The number of amides is 2. The third-order valence-electron chi connectivity index (χ3n) is 7.84. The SMILES string of the molecule is C=CC(=O)Nc1cc(-c2cnc([C@H](C)Nc3nccc(N4C(=O)OC[C@@H]4[C@H](C)F)n3)cc2C)ccc1N1CCN(C)CC1. The lowest BCUT2D eigenvalue weighted by Crippen LogP contribution is -2.44. The van der Waals surface area contributed by atoms with Crippen molar-refractivity contribution in [1.29, 1.82) is 0 Å². The lowest BCUT2D eigenvalue weighted by Gasteiger charge is -2.35. The van der Waals surface area contributed by atoms with Gasteiger partial charge in [-0.25, -0.2) is 14.2 Å². The van der Waals surface area contributed by atoms with E-state index in [1.54, 1.807) is 6.07 Å². The van der Waals surface area contributed by atoms with Crippen LogP contribution in [0.1, 0.15) is 31.1 Å². The van der Waals surface area contributed by atoms with Gasteiger partial charge in [0.25, 0.3) is 0 Å². The number of nitrogens with one attached hydrogen (secondary N) is 2. The van der Waals surface area contributed by atoms with Crippen molar-refractivity contribution >= 4 is 35.1 Å². The van der Waals surface area contributed by atoms with Crippen LogP contribution >= 0.6 is 0 Å². The van der Waals surface area contributed by atoms with Crippen LogP contribution < -0.4 is 20.4 Å². The van der Waals surface area contributed by atoms with Crippen molar-refractivity contribution in [2.24, 2.45) is 0 Å². The molecular weight excluding hydrogens is 551 g/mol. The van der Waals surface area contributed by atoms with Crippen molar-refractivity contribution in [2.45, 2.75) is 39.0 Å². The first-order valence-electron chi connectivity index (χ1n) is 14.3. The highest BCUT2D eigenvalue weighted by Crippen LogP contribution is 2.34. The van der Waals surface area contributed by atoms with E-state index in [-0.39, 0.29) is 30.3 Å². The highest BCUT2D eigenvalue weighted by molar-refractivity contribution is 6.02. The van der Waals surface area contributed by atoms with E-state index in [4.69, 9.17) is 9.72 Å². The molecule has 2 aliphatic rings. The number of aromatic nitrogens is 3. The Bertz CT molecular complexity index is 1510. The van der Waals surface area contributed by atoms with Gasteiger partial charge in [0.2, 0.25) is 11.9 Å². The molecule has 0 bridgehead atoms. The number of pyridine rings is 1. The van der Waals surface area contributed by atoms with Gasteiger partial charge in [-0.1, -0.05) is 12.6 Å². The van der Waals surface area contributed by atoms with Gasteiger partial charge in [-0.3, -0.25) is 14.7 Å². The molecule has 0 saturated carbocycles. The van der Waals surface area contributed by atoms with Gasteiger partial charge in [-0.15, -0.1) is 0 Å². The number of nitrogens with zero attached hydrogens (tertiary/aromatic N) is 6.